The number of methoxy groups -OCH3 is 1. The first kappa shape index (κ1) is 10.8. The van der Waals surface area contributed by atoms with Crippen LogP contribution < -0.4 is 0 Å². The van der Waals surface area contributed by atoms with Gasteiger partial charge in [-0.25, -0.2) is 4.79 Å². The lowest BCUT2D eigenvalue weighted by Crippen LogP contribution is -2.46. The minimum Gasteiger partial charge on any atom is -0.471 e. The highest BCUT2D eigenvalue weighted by Gasteiger charge is 2.65. The first-order valence-electron chi connectivity index (χ1n) is 5.78. The van der Waals surface area contributed by atoms with Crippen LogP contribution >= 0.6 is 0 Å². The number of esters is 1. The molecular weight excluding hydrogens is 220 g/mol. The summed E-state index contributed by atoms with van der Waals surface area (Å²) in [5.74, 6) is -0.309. The lowest BCUT2D eigenvalue weighted by molar-refractivity contribution is -0.153. The highest BCUT2D eigenvalue weighted by atomic mass is 16.7. The largest absolute Gasteiger partial charge is 0.471 e. The number of hydrogen-bond donors (Lipinski definition) is 0. The Balaban J connectivity index is 2.07. The van der Waals surface area contributed by atoms with Crippen molar-refractivity contribution < 1.29 is 19.0 Å². The van der Waals surface area contributed by atoms with Gasteiger partial charge in [0.15, 0.2) is 0 Å². The fourth-order valence-corrected chi connectivity index (χ4v) is 3.19. The van der Waals surface area contributed by atoms with Crippen LogP contribution in [0.5, 0.6) is 0 Å². The van der Waals surface area contributed by atoms with Crippen molar-refractivity contribution in [3.8, 4) is 0 Å². The quantitative estimate of drug-likeness (QED) is 0.512. The van der Waals surface area contributed by atoms with Gasteiger partial charge in [0.25, 0.3) is 0 Å². The van der Waals surface area contributed by atoms with Crippen LogP contribution in [0, 0.1) is 16.7 Å². The molecule has 0 saturated carbocycles. The molecule has 3 aliphatic rings. The SMILES string of the molecule is COC(=O)C1=CO[C@@H]2OCC3(C)C=C[C@H]1[C@]23C. The Morgan fingerprint density at radius 3 is 3.00 bits per heavy atom. The van der Waals surface area contributed by atoms with E-state index in [2.05, 4.69) is 26.0 Å². The molecule has 0 aromatic rings. The molecule has 92 valence electrons. The molecule has 17 heavy (non-hydrogen) atoms. The van der Waals surface area contributed by atoms with Crippen molar-refractivity contribution in [1.29, 1.82) is 0 Å². The van der Waals surface area contributed by atoms with E-state index in [1.54, 1.807) is 0 Å². The smallest absolute Gasteiger partial charge is 0.337 e. The molecule has 3 rings (SSSR count). The molecule has 0 aromatic heterocycles. The van der Waals surface area contributed by atoms with Crippen LogP contribution in [0.4, 0.5) is 0 Å². The van der Waals surface area contributed by atoms with Crippen LogP contribution in [-0.4, -0.2) is 26.0 Å². The Bertz CT molecular complexity index is 439. The molecule has 2 heterocycles. The number of rotatable bonds is 1. The molecule has 1 unspecified atom stereocenters. The summed E-state index contributed by atoms with van der Waals surface area (Å²) in [5.41, 5.74) is 0.290. The van der Waals surface area contributed by atoms with E-state index in [1.165, 1.54) is 13.4 Å². The predicted octanol–water partition coefficient (Wildman–Crippen LogP) is 1.63. The molecule has 1 saturated heterocycles. The van der Waals surface area contributed by atoms with E-state index in [0.717, 1.165) is 0 Å². The molecule has 0 radical (unpaired) electrons. The standard InChI is InChI=1S/C13H16O4/c1-12-5-4-9-8(10(14)15-3)6-16-11(17-7-12)13(9,12)2/h4-6,9,11H,7H2,1-3H3/t9-,11-,12?,13-/m1/s1. The summed E-state index contributed by atoms with van der Waals surface area (Å²) in [5, 5.41) is 0. The molecular formula is C13H16O4. The maximum absolute atomic E-state index is 11.7. The van der Waals surface area contributed by atoms with Crippen LogP contribution in [0.15, 0.2) is 24.0 Å². The lowest BCUT2D eigenvalue weighted by Gasteiger charge is -2.42. The number of allylic oxidation sites excluding steroid dienone is 1. The minimum atomic E-state index is -0.324. The highest BCUT2D eigenvalue weighted by Crippen LogP contribution is 2.62. The summed E-state index contributed by atoms with van der Waals surface area (Å²) in [6.45, 7) is 4.89. The Morgan fingerprint density at radius 1 is 1.53 bits per heavy atom. The molecule has 4 heteroatoms. The Hall–Kier alpha value is -1.29. The van der Waals surface area contributed by atoms with Crippen LogP contribution in [0.3, 0.4) is 0 Å². The second kappa shape index (κ2) is 3.13. The van der Waals surface area contributed by atoms with Crippen molar-refractivity contribution in [2.24, 2.45) is 16.7 Å². The topological polar surface area (TPSA) is 44.8 Å². The monoisotopic (exact) mass is 236 g/mol. The van der Waals surface area contributed by atoms with Crippen LogP contribution in [0.25, 0.3) is 0 Å². The van der Waals surface area contributed by atoms with Crippen LogP contribution in [0.1, 0.15) is 13.8 Å². The zero-order chi connectivity index (χ0) is 12.3. The molecule has 1 aliphatic carbocycles. The number of carbonyl (C=O) groups is 1. The fourth-order valence-electron chi connectivity index (χ4n) is 3.19. The van der Waals surface area contributed by atoms with Gasteiger partial charge in [0.05, 0.1) is 31.0 Å². The van der Waals surface area contributed by atoms with Gasteiger partial charge >= 0.3 is 5.97 Å². The molecule has 1 fully saturated rings. The molecule has 2 aliphatic heterocycles. The van der Waals surface area contributed by atoms with Crippen LogP contribution in [-0.2, 0) is 19.0 Å². The summed E-state index contributed by atoms with van der Waals surface area (Å²) >= 11 is 0. The zero-order valence-electron chi connectivity index (χ0n) is 10.2. The molecule has 0 spiro atoms. The van der Waals surface area contributed by atoms with Crippen molar-refractivity contribution in [3.63, 3.8) is 0 Å². The first-order chi connectivity index (χ1) is 8.03. The first-order valence-corrected chi connectivity index (χ1v) is 5.78. The minimum absolute atomic E-state index is 0.0150. The number of carbonyl (C=O) groups excluding carboxylic acids is 1. The van der Waals surface area contributed by atoms with Gasteiger partial charge in [0, 0.05) is 11.3 Å². The van der Waals surface area contributed by atoms with Gasteiger partial charge in [-0.1, -0.05) is 26.0 Å². The third-order valence-electron chi connectivity index (χ3n) is 4.63. The Kier molecular flexibility index (Phi) is 2.00. The van der Waals surface area contributed by atoms with Crippen molar-refractivity contribution in [1.82, 2.24) is 0 Å². The Morgan fingerprint density at radius 2 is 2.29 bits per heavy atom. The molecule has 0 bridgehead atoms. The van der Waals surface area contributed by atoms with Crippen molar-refractivity contribution >= 4 is 5.97 Å². The fraction of sp³-hybridized carbons (Fsp3) is 0.615. The number of ether oxygens (including phenoxy) is 3. The maximum atomic E-state index is 11.7. The Labute approximate surface area is 100 Å². The number of hydrogen-bond acceptors (Lipinski definition) is 4. The summed E-state index contributed by atoms with van der Waals surface area (Å²) in [4.78, 5) is 11.7. The normalized spacial score (nSPS) is 46.2. The van der Waals surface area contributed by atoms with Crippen LogP contribution in [0.2, 0.25) is 0 Å². The average Bonchev–Trinajstić information content (AvgIpc) is 2.74. The predicted molar refractivity (Wildman–Crippen MR) is 59.8 cm³/mol. The lowest BCUT2D eigenvalue weighted by atomic mass is 9.63. The van der Waals surface area contributed by atoms with E-state index in [0.29, 0.717) is 12.2 Å². The second-order valence-electron chi connectivity index (χ2n) is 5.38. The van der Waals surface area contributed by atoms with Gasteiger partial charge in [0.2, 0.25) is 6.29 Å². The summed E-state index contributed by atoms with van der Waals surface area (Å²) in [6, 6.07) is 0. The zero-order valence-corrected chi connectivity index (χ0v) is 10.2. The van der Waals surface area contributed by atoms with Gasteiger partial charge in [-0.3, -0.25) is 0 Å². The van der Waals surface area contributed by atoms with Gasteiger partial charge in [-0.05, 0) is 0 Å². The summed E-state index contributed by atoms with van der Waals surface area (Å²) in [7, 11) is 1.39. The van der Waals surface area contributed by atoms with Gasteiger partial charge < -0.3 is 14.2 Å². The molecule has 0 N–H and O–H groups in total. The van der Waals surface area contributed by atoms with E-state index in [1.807, 2.05) is 0 Å². The molecule has 4 atom stereocenters. The molecule has 0 amide bonds. The van der Waals surface area contributed by atoms with Gasteiger partial charge in [-0.15, -0.1) is 0 Å². The van der Waals surface area contributed by atoms with Crippen molar-refractivity contribution in [2.75, 3.05) is 13.7 Å². The van der Waals surface area contributed by atoms with E-state index < -0.39 is 0 Å². The maximum Gasteiger partial charge on any atom is 0.337 e. The summed E-state index contributed by atoms with van der Waals surface area (Å²) in [6.07, 6.45) is 5.44. The van der Waals surface area contributed by atoms with Gasteiger partial charge in [-0.2, -0.15) is 0 Å². The van der Waals surface area contributed by atoms with E-state index in [9.17, 15) is 4.79 Å². The highest BCUT2D eigenvalue weighted by molar-refractivity contribution is 5.89. The van der Waals surface area contributed by atoms with E-state index in [-0.39, 0.29) is 29.0 Å². The average molecular weight is 236 g/mol. The molecule has 0 aromatic carbocycles. The molecule has 4 nitrogen and oxygen atoms in total. The summed E-state index contributed by atoms with van der Waals surface area (Å²) < 4.78 is 16.1. The second-order valence-corrected chi connectivity index (χ2v) is 5.38. The van der Waals surface area contributed by atoms with E-state index >= 15 is 0 Å². The van der Waals surface area contributed by atoms with Crippen molar-refractivity contribution in [2.45, 2.75) is 20.1 Å². The third-order valence-corrected chi connectivity index (χ3v) is 4.63. The van der Waals surface area contributed by atoms with Crippen molar-refractivity contribution in [3.05, 3.63) is 24.0 Å². The van der Waals surface area contributed by atoms with Gasteiger partial charge in [0.1, 0.15) is 0 Å². The third kappa shape index (κ3) is 1.09. The van der Waals surface area contributed by atoms with E-state index in [4.69, 9.17) is 14.2 Å².